The van der Waals surface area contributed by atoms with Crippen LogP contribution in [0.15, 0.2) is 54.6 Å². The molecule has 2 aromatic rings. The highest BCUT2D eigenvalue weighted by molar-refractivity contribution is 7.86. The highest BCUT2D eigenvalue weighted by Crippen LogP contribution is 2.25. The van der Waals surface area contributed by atoms with Crippen molar-refractivity contribution in [2.75, 3.05) is 12.8 Å². The molecule has 0 spiro atoms. The van der Waals surface area contributed by atoms with Crippen molar-refractivity contribution in [3.05, 3.63) is 65.7 Å². The Labute approximate surface area is 166 Å². The smallest absolute Gasteiger partial charge is 0.306 e. The number of carbonyl (C=O) groups excluding carboxylic acids is 1. The average molecular weight is 410 g/mol. The molecule has 0 aliphatic rings. The third-order valence-electron chi connectivity index (χ3n) is 3.73. The van der Waals surface area contributed by atoms with Crippen molar-refractivity contribution in [1.29, 1.82) is 0 Å². The van der Waals surface area contributed by atoms with Crippen molar-refractivity contribution in [3.63, 3.8) is 0 Å². The van der Waals surface area contributed by atoms with E-state index in [1.165, 1.54) is 0 Å². The monoisotopic (exact) mass is 409 g/mol. The maximum Gasteiger partial charge on any atom is 0.306 e. The molecule has 5 nitrogen and oxygen atoms in total. The molecule has 0 aliphatic heterocycles. The van der Waals surface area contributed by atoms with Gasteiger partial charge in [0.15, 0.2) is 0 Å². The zero-order chi connectivity index (χ0) is 20.0. The molecule has 0 fully saturated rings. The normalized spacial score (nSPS) is 12.6. The molecule has 2 rings (SSSR count). The van der Waals surface area contributed by atoms with Gasteiger partial charge in [-0.05, 0) is 29.2 Å². The number of nitrogens with zero attached hydrogens (tertiary/aromatic N) is 1. The number of carbonyl (C=O) groups is 1. The Morgan fingerprint density at radius 2 is 1.78 bits per heavy atom. The standard InChI is InChI=1S/C20H24ClNO4S/c1-15(2)13-22(20(23)19(21)17-9-5-4-6-10-17)14-16-8-7-11-18(12-16)26-27(3,24)25/h4-12,15,19H,13-14H2,1-3H3. The molecule has 146 valence electrons. The van der Waals surface area contributed by atoms with Gasteiger partial charge in [-0.1, -0.05) is 56.3 Å². The van der Waals surface area contributed by atoms with Gasteiger partial charge in [0.05, 0.1) is 6.26 Å². The summed E-state index contributed by atoms with van der Waals surface area (Å²) in [4.78, 5) is 14.7. The van der Waals surface area contributed by atoms with Crippen LogP contribution in [0.4, 0.5) is 0 Å². The summed E-state index contributed by atoms with van der Waals surface area (Å²) >= 11 is 6.42. The van der Waals surface area contributed by atoms with E-state index in [-0.39, 0.29) is 17.6 Å². The summed E-state index contributed by atoms with van der Waals surface area (Å²) in [6, 6.07) is 15.9. The molecular formula is C20H24ClNO4S. The van der Waals surface area contributed by atoms with E-state index in [0.717, 1.165) is 17.4 Å². The Bertz CT molecular complexity index is 869. The largest absolute Gasteiger partial charge is 0.383 e. The van der Waals surface area contributed by atoms with Crippen LogP contribution in [0.1, 0.15) is 30.4 Å². The molecule has 7 heteroatoms. The van der Waals surface area contributed by atoms with E-state index in [1.54, 1.807) is 23.1 Å². The van der Waals surface area contributed by atoms with Gasteiger partial charge in [-0.15, -0.1) is 11.6 Å². The van der Waals surface area contributed by atoms with Crippen LogP contribution >= 0.6 is 11.6 Å². The van der Waals surface area contributed by atoms with E-state index in [4.69, 9.17) is 15.8 Å². The molecule has 1 unspecified atom stereocenters. The number of benzene rings is 2. The molecule has 0 radical (unpaired) electrons. The minimum Gasteiger partial charge on any atom is -0.383 e. The first-order valence-electron chi connectivity index (χ1n) is 8.62. The Hall–Kier alpha value is -2.05. The second kappa shape index (κ2) is 9.24. The molecule has 0 N–H and O–H groups in total. The number of hydrogen-bond acceptors (Lipinski definition) is 4. The van der Waals surface area contributed by atoms with Crippen LogP contribution in [0.2, 0.25) is 0 Å². The van der Waals surface area contributed by atoms with Crippen LogP contribution in [-0.4, -0.2) is 32.0 Å². The second-order valence-electron chi connectivity index (χ2n) is 6.82. The summed E-state index contributed by atoms with van der Waals surface area (Å²) in [5, 5.41) is -0.777. The van der Waals surface area contributed by atoms with Crippen LogP contribution in [0.5, 0.6) is 5.75 Å². The van der Waals surface area contributed by atoms with Gasteiger partial charge in [0.25, 0.3) is 0 Å². The zero-order valence-electron chi connectivity index (χ0n) is 15.6. The van der Waals surface area contributed by atoms with Gasteiger partial charge < -0.3 is 9.08 Å². The minimum absolute atomic E-state index is 0.189. The maximum atomic E-state index is 13.0. The first-order chi connectivity index (χ1) is 12.7. The molecule has 27 heavy (non-hydrogen) atoms. The van der Waals surface area contributed by atoms with Crippen molar-refractivity contribution in [2.24, 2.45) is 5.92 Å². The first-order valence-corrected chi connectivity index (χ1v) is 10.9. The van der Waals surface area contributed by atoms with E-state index in [0.29, 0.717) is 13.1 Å². The Morgan fingerprint density at radius 3 is 2.37 bits per heavy atom. The Kier molecular flexibility index (Phi) is 7.27. The van der Waals surface area contributed by atoms with Crippen LogP contribution in [0, 0.1) is 5.92 Å². The fraction of sp³-hybridized carbons (Fsp3) is 0.350. The summed E-state index contributed by atoms with van der Waals surface area (Å²) in [5.41, 5.74) is 1.51. The average Bonchev–Trinajstić information content (AvgIpc) is 2.59. The molecule has 0 saturated carbocycles. The molecule has 0 heterocycles. The first kappa shape index (κ1) is 21.3. The maximum absolute atomic E-state index is 13.0. The van der Waals surface area contributed by atoms with Crippen molar-refractivity contribution < 1.29 is 17.4 Å². The second-order valence-corrected chi connectivity index (χ2v) is 8.83. The number of halogens is 1. The van der Waals surface area contributed by atoms with Crippen LogP contribution in [-0.2, 0) is 21.5 Å². The van der Waals surface area contributed by atoms with Crippen molar-refractivity contribution >= 4 is 27.6 Å². The molecule has 0 aliphatic carbocycles. The predicted molar refractivity (Wildman–Crippen MR) is 107 cm³/mol. The molecule has 2 aromatic carbocycles. The van der Waals surface area contributed by atoms with E-state index in [9.17, 15) is 13.2 Å². The fourth-order valence-corrected chi connectivity index (χ4v) is 3.43. The van der Waals surface area contributed by atoms with Gasteiger partial charge in [0.2, 0.25) is 5.91 Å². The minimum atomic E-state index is -3.61. The summed E-state index contributed by atoms with van der Waals surface area (Å²) in [7, 11) is -3.61. The van der Waals surface area contributed by atoms with E-state index >= 15 is 0 Å². The molecule has 1 atom stereocenters. The number of rotatable bonds is 8. The Morgan fingerprint density at radius 1 is 1.11 bits per heavy atom. The highest BCUT2D eigenvalue weighted by Gasteiger charge is 2.24. The van der Waals surface area contributed by atoms with Crippen molar-refractivity contribution in [3.8, 4) is 5.75 Å². The van der Waals surface area contributed by atoms with E-state index in [1.807, 2.05) is 50.2 Å². The SMILES string of the molecule is CC(C)CN(Cc1cccc(OS(C)(=O)=O)c1)C(=O)C(Cl)c1ccccc1. The number of hydrogen-bond donors (Lipinski definition) is 0. The van der Waals surface area contributed by atoms with Crippen LogP contribution in [0.3, 0.4) is 0 Å². The summed E-state index contributed by atoms with van der Waals surface area (Å²) in [6.45, 7) is 4.89. The lowest BCUT2D eigenvalue weighted by Gasteiger charge is -2.27. The van der Waals surface area contributed by atoms with Crippen molar-refractivity contribution in [2.45, 2.75) is 25.8 Å². The molecule has 0 saturated heterocycles. The zero-order valence-corrected chi connectivity index (χ0v) is 17.2. The third kappa shape index (κ3) is 6.88. The lowest BCUT2D eigenvalue weighted by Crippen LogP contribution is -2.36. The van der Waals surface area contributed by atoms with E-state index in [2.05, 4.69) is 0 Å². The number of amides is 1. The van der Waals surface area contributed by atoms with Crippen molar-refractivity contribution in [1.82, 2.24) is 4.90 Å². The quantitative estimate of drug-likeness (QED) is 0.488. The van der Waals surface area contributed by atoms with E-state index < -0.39 is 15.5 Å². The topological polar surface area (TPSA) is 63.7 Å². The predicted octanol–water partition coefficient (Wildman–Crippen LogP) is 3.99. The van der Waals surface area contributed by atoms with Gasteiger partial charge in [0, 0.05) is 13.1 Å². The van der Waals surface area contributed by atoms with Gasteiger partial charge in [-0.3, -0.25) is 4.79 Å². The molecule has 0 bridgehead atoms. The summed E-state index contributed by atoms with van der Waals surface area (Å²) in [5.74, 6) is 0.285. The lowest BCUT2D eigenvalue weighted by atomic mass is 10.1. The molecule has 1 amide bonds. The van der Waals surface area contributed by atoms with Crippen LogP contribution in [0.25, 0.3) is 0 Å². The summed E-state index contributed by atoms with van der Waals surface area (Å²) in [6.07, 6.45) is 0.992. The fourth-order valence-electron chi connectivity index (χ4n) is 2.69. The molecular weight excluding hydrogens is 386 g/mol. The van der Waals surface area contributed by atoms with Crippen LogP contribution < -0.4 is 4.18 Å². The highest BCUT2D eigenvalue weighted by atomic mass is 35.5. The van der Waals surface area contributed by atoms with Gasteiger partial charge >= 0.3 is 10.1 Å². The Balaban J connectivity index is 2.21. The summed E-state index contributed by atoms with van der Waals surface area (Å²) < 4.78 is 27.6. The lowest BCUT2D eigenvalue weighted by molar-refractivity contribution is -0.132. The molecule has 0 aromatic heterocycles. The third-order valence-corrected chi connectivity index (χ3v) is 4.66. The number of alkyl halides is 1. The van der Waals surface area contributed by atoms with Gasteiger partial charge in [-0.25, -0.2) is 0 Å². The van der Waals surface area contributed by atoms with Gasteiger partial charge in [-0.2, -0.15) is 8.42 Å². The van der Waals surface area contributed by atoms with Gasteiger partial charge in [0.1, 0.15) is 11.1 Å².